The second-order valence-electron chi connectivity index (χ2n) is 30.2. The van der Waals surface area contributed by atoms with Crippen molar-refractivity contribution in [3.63, 3.8) is 0 Å². The Kier molecular flexibility index (Phi) is 76.2. The molecule has 0 rings (SSSR count). The number of nitrogens with one attached hydrogen (secondary N) is 1. The van der Waals surface area contributed by atoms with Gasteiger partial charge >= 0.3 is 0 Å². The van der Waals surface area contributed by atoms with Gasteiger partial charge in [0.1, 0.15) is 69.4 Å². The summed E-state index contributed by atoms with van der Waals surface area (Å²) in [4.78, 5) is 125. The van der Waals surface area contributed by atoms with E-state index in [1.54, 1.807) is 39.6 Å². The molecular formula is C75H158N16O8Si4. The van der Waals surface area contributed by atoms with Gasteiger partial charge in [-0.05, 0) is 130 Å². The minimum atomic E-state index is -1.67. The van der Waals surface area contributed by atoms with Crippen LogP contribution in [0.3, 0.4) is 0 Å². The lowest BCUT2D eigenvalue weighted by Gasteiger charge is -2.22. The van der Waals surface area contributed by atoms with Crippen LogP contribution in [0.4, 0.5) is 0 Å². The standard InChI is InChI=1S/C13H28N2OSi.C11H26N2OSi2.C11H22N2O.C9H20N2OSi.C9H18N2O.C8H16N2O.2C7H14N2O/c1-7-15(8-2)10-9-14-12(3)11-13(16)17(4,5)6;1-15(2,3)10(13-8-7-12)9-11(14)16(4,5)6;1-5-13(6-2)8-7-12-10(3)9-11(4)14;1-8(11-6-5-10)7-9(12)13(2,3)4;1-8(7-9(2)12)10-5-6-11(3)4;1-7(6-8(2)11)10-5-4-9-3;1-6(5-7(2)10)8-9(3)4;1-6(5-7(2)10)9-4-3-8/h7-11H2,1-6H3;7-9,12H2,1-6H3;5-9H2,1-4H3;5-7,10H2,1-4H3;5-7H2,1-4H3;9H,4-6H2,1-3H3;5H2,1-4H3;3-5,8H2,1-2H3/b;;;;;;8-6+;. The van der Waals surface area contributed by atoms with Crippen molar-refractivity contribution < 1.29 is 38.4 Å². The zero-order valence-corrected chi connectivity index (χ0v) is 76.2. The number of ketones is 5. The van der Waals surface area contributed by atoms with E-state index in [1.807, 2.05) is 83.7 Å². The average molecular weight is 1520 g/mol. The highest BCUT2D eigenvalue weighted by Gasteiger charge is 2.30. The molecule has 7 N–H and O–H groups in total. The van der Waals surface area contributed by atoms with Gasteiger partial charge in [-0.25, -0.2) is 0 Å². The van der Waals surface area contributed by atoms with E-state index in [4.69, 9.17) is 17.2 Å². The number of rotatable bonds is 43. The molecule has 0 bridgehead atoms. The molecule has 0 aromatic carbocycles. The van der Waals surface area contributed by atoms with Gasteiger partial charge in [-0.15, -0.1) is 0 Å². The Hall–Kier alpha value is -4.89. The van der Waals surface area contributed by atoms with E-state index >= 15 is 0 Å². The van der Waals surface area contributed by atoms with Crippen LogP contribution in [0, 0.1) is 0 Å². The topological polar surface area (TPSA) is 338 Å². The number of carbonyl (C=O) groups excluding carboxylic acids is 8. The number of aliphatic imine (C=N–C) groups is 7. The van der Waals surface area contributed by atoms with Crippen molar-refractivity contribution >= 4 is 123 Å². The summed E-state index contributed by atoms with van der Waals surface area (Å²) in [7, 11) is 3.20. The van der Waals surface area contributed by atoms with Gasteiger partial charge in [-0.2, -0.15) is 5.10 Å². The van der Waals surface area contributed by atoms with Gasteiger partial charge in [0.15, 0.2) is 0 Å². The summed E-state index contributed by atoms with van der Waals surface area (Å²) in [5, 5.41) is 11.0. The number of likely N-dealkylation sites (N-methyl/N-ethyl adjacent to an activating group) is 4. The van der Waals surface area contributed by atoms with E-state index in [-0.39, 0.29) is 28.9 Å². The van der Waals surface area contributed by atoms with Crippen LogP contribution >= 0.6 is 0 Å². The van der Waals surface area contributed by atoms with Crippen LogP contribution in [0.15, 0.2) is 40.0 Å². The minimum absolute atomic E-state index is 0.151. The lowest BCUT2D eigenvalue weighted by molar-refractivity contribution is -0.116. The Labute approximate surface area is 633 Å². The van der Waals surface area contributed by atoms with Crippen LogP contribution in [0.5, 0.6) is 0 Å². The first-order valence-electron chi connectivity index (χ1n) is 36.9. The van der Waals surface area contributed by atoms with Crippen LogP contribution in [-0.2, 0) is 38.4 Å². The van der Waals surface area contributed by atoms with Crippen molar-refractivity contribution in [1.82, 2.24) is 25.0 Å². The molecule has 0 spiro atoms. The molecule has 602 valence electrons. The quantitative estimate of drug-likeness (QED) is 0.0191. The molecule has 0 aromatic rings. The Balaban J connectivity index is -0.000000168. The molecule has 0 aliphatic rings. The van der Waals surface area contributed by atoms with Gasteiger partial charge in [0.2, 0.25) is 0 Å². The fraction of sp³-hybridized carbons (Fsp3) is 0.787. The van der Waals surface area contributed by atoms with Crippen molar-refractivity contribution in [2.45, 2.75) is 241 Å². The predicted molar refractivity (Wildman–Crippen MR) is 461 cm³/mol. The van der Waals surface area contributed by atoms with Gasteiger partial charge < -0.3 is 56.6 Å². The van der Waals surface area contributed by atoms with E-state index in [2.05, 4.69) is 166 Å². The molecule has 24 nitrogen and oxygen atoms in total. The molecule has 0 amide bonds. The summed E-state index contributed by atoms with van der Waals surface area (Å²) in [5.74, 6) is 0.854. The summed E-state index contributed by atoms with van der Waals surface area (Å²) in [5.41, 5.74) is 22.4. The fourth-order valence-electron chi connectivity index (χ4n) is 7.84. The molecule has 0 unspecified atom stereocenters. The van der Waals surface area contributed by atoms with Crippen LogP contribution in [0.25, 0.3) is 0 Å². The maximum atomic E-state index is 12.1. The molecule has 0 fully saturated rings. The van der Waals surface area contributed by atoms with Gasteiger partial charge in [0, 0.05) is 157 Å². The number of carbonyl (C=O) groups is 8. The van der Waals surface area contributed by atoms with Gasteiger partial charge in [0.05, 0.1) is 53.9 Å². The van der Waals surface area contributed by atoms with Crippen molar-refractivity contribution in [1.29, 1.82) is 0 Å². The average Bonchev–Trinajstić information content (AvgIpc) is 0.867. The lowest BCUT2D eigenvalue weighted by atomic mass is 10.2. The number of hydrogen-bond acceptors (Lipinski definition) is 24. The molecule has 0 aliphatic carbocycles. The Morgan fingerprint density at radius 2 is 0.563 bits per heavy atom. The minimum Gasteiger partial charge on any atom is -0.329 e. The summed E-state index contributed by atoms with van der Waals surface area (Å²) >= 11 is 0. The van der Waals surface area contributed by atoms with Gasteiger partial charge in [-0.1, -0.05) is 106 Å². The van der Waals surface area contributed by atoms with E-state index in [9.17, 15) is 38.4 Å². The SMILES string of the molecule is CC(=O)C/C(C)=N/N(C)C.CC(=O)CC(C)=NCCN.CC(=O)CC(C)=NCCN(C)C.CC(CC(=O)[Si](C)(C)C)=NCCN.CCN(CC)CCN=C(C)CC(=O)[Si](C)(C)C.CCN(CC)CCN=C(C)CC(C)=O.CNCCN=C(C)CC(C)=O.C[Si](C)(C)C(=O)CC(=NCCN)[Si](C)(C)C. The molecule has 0 saturated heterocycles. The Morgan fingerprint density at radius 3 is 0.796 bits per heavy atom. The zero-order valence-electron chi connectivity index (χ0n) is 72.2. The first-order valence-corrected chi connectivity index (χ1v) is 50.9. The third-order valence-electron chi connectivity index (χ3n) is 13.9. The Bertz CT molecular complexity index is 2600. The zero-order chi connectivity index (χ0) is 82.3. The van der Waals surface area contributed by atoms with Crippen LogP contribution in [0.2, 0.25) is 78.6 Å². The summed E-state index contributed by atoms with van der Waals surface area (Å²) in [6, 6.07) is 0. The molecule has 0 aromatic heterocycles. The number of hydrazone groups is 1. The van der Waals surface area contributed by atoms with Gasteiger partial charge in [-0.3, -0.25) is 58.9 Å². The molecule has 0 atom stereocenters. The highest BCUT2D eigenvalue weighted by Crippen LogP contribution is 2.14. The van der Waals surface area contributed by atoms with Crippen LogP contribution in [0.1, 0.15) is 162 Å². The molecule has 28 heteroatoms. The predicted octanol–water partition coefficient (Wildman–Crippen LogP) is 10.7. The van der Waals surface area contributed by atoms with E-state index in [1.165, 1.54) is 0 Å². The smallest absolute Gasteiger partial charge is 0.135 e. The third kappa shape index (κ3) is 91.3. The molecular weight excluding hydrogens is 1370 g/mol. The number of nitrogens with zero attached hydrogens (tertiary/aromatic N) is 12. The number of hydrogen-bond donors (Lipinski definition) is 4. The maximum Gasteiger partial charge on any atom is 0.135 e. The van der Waals surface area contributed by atoms with Crippen molar-refractivity contribution in [3.05, 3.63) is 0 Å². The summed E-state index contributed by atoms with van der Waals surface area (Å²) in [6.45, 7) is 70.0. The first kappa shape index (κ1) is 114. The second kappa shape index (κ2) is 68.9. The number of Topliss-reactive ketones (excluding diaryl/α,β-unsaturated/α-hetero) is 5. The van der Waals surface area contributed by atoms with E-state index in [0.717, 1.165) is 124 Å². The Morgan fingerprint density at radius 1 is 0.320 bits per heavy atom. The molecule has 103 heavy (non-hydrogen) atoms. The largest absolute Gasteiger partial charge is 0.329 e. The molecule has 0 aliphatic heterocycles. The lowest BCUT2D eigenvalue weighted by Crippen LogP contribution is -2.41. The highest BCUT2D eigenvalue weighted by molar-refractivity contribution is 7.09. The normalized spacial score (nSPS) is 12.6. The van der Waals surface area contributed by atoms with E-state index in [0.29, 0.717) is 107 Å². The monoisotopic (exact) mass is 1520 g/mol. The maximum absolute atomic E-state index is 12.1. The third-order valence-corrected chi connectivity index (χ3v) is 21.6. The molecule has 0 saturated carbocycles. The second-order valence-corrected chi connectivity index (χ2v) is 50.5. The van der Waals surface area contributed by atoms with Crippen LogP contribution < -0.4 is 22.5 Å². The van der Waals surface area contributed by atoms with Crippen molar-refractivity contribution in [2.24, 2.45) is 57.2 Å². The molecule has 0 heterocycles. The first-order chi connectivity index (χ1) is 47.2. The van der Waals surface area contributed by atoms with E-state index < -0.39 is 32.3 Å². The summed E-state index contributed by atoms with van der Waals surface area (Å²) in [6.07, 6.45) is 4.02. The van der Waals surface area contributed by atoms with Crippen molar-refractivity contribution in [3.8, 4) is 0 Å². The molecule has 0 radical (unpaired) electrons. The van der Waals surface area contributed by atoms with Gasteiger partial charge in [0.25, 0.3) is 0 Å². The van der Waals surface area contributed by atoms with Crippen LogP contribution in [-0.4, -0.2) is 296 Å². The highest BCUT2D eigenvalue weighted by atomic mass is 28.3. The fourth-order valence-corrected chi connectivity index (χ4v) is 11.6. The summed E-state index contributed by atoms with van der Waals surface area (Å²) < 4.78 is 0. The number of nitrogens with two attached hydrogens (primary N) is 3. The van der Waals surface area contributed by atoms with Crippen molar-refractivity contribution in [2.75, 3.05) is 153 Å².